The van der Waals surface area contributed by atoms with E-state index in [4.69, 9.17) is 4.74 Å². The predicted octanol–water partition coefficient (Wildman–Crippen LogP) is 0.690. The van der Waals surface area contributed by atoms with Gasteiger partial charge in [-0.2, -0.15) is 0 Å². The number of aromatic amines is 2. The van der Waals surface area contributed by atoms with Crippen molar-refractivity contribution < 1.29 is 9.53 Å². The summed E-state index contributed by atoms with van der Waals surface area (Å²) < 4.78 is 7.10. The number of nitrogens with one attached hydrogen (secondary N) is 3. The van der Waals surface area contributed by atoms with Crippen LogP contribution in [0.5, 0.6) is 0 Å². The van der Waals surface area contributed by atoms with E-state index in [9.17, 15) is 14.4 Å². The zero-order valence-electron chi connectivity index (χ0n) is 13.0. The first-order valence-corrected chi connectivity index (χ1v) is 8.04. The lowest BCUT2D eigenvalue weighted by atomic mass is 9.88. The number of nitrogens with zero attached hydrogens (tertiary/aromatic N) is 1. The van der Waals surface area contributed by atoms with E-state index in [2.05, 4.69) is 15.4 Å². The first-order valence-electron chi connectivity index (χ1n) is 8.04. The molecule has 0 saturated carbocycles. The summed E-state index contributed by atoms with van der Waals surface area (Å²) in [6.45, 7) is 1.24. The summed E-state index contributed by atoms with van der Waals surface area (Å²) in [6, 6.07) is 3.44. The smallest absolute Gasteiger partial charge is 0.270 e. The highest BCUT2D eigenvalue weighted by Crippen LogP contribution is 2.35. The van der Waals surface area contributed by atoms with Crippen molar-refractivity contribution in [2.75, 3.05) is 18.5 Å². The van der Waals surface area contributed by atoms with E-state index in [1.54, 1.807) is 16.8 Å². The predicted molar refractivity (Wildman–Crippen MR) is 86.3 cm³/mol. The van der Waals surface area contributed by atoms with Crippen LogP contribution in [0.2, 0.25) is 0 Å². The van der Waals surface area contributed by atoms with Gasteiger partial charge in [-0.05, 0) is 18.9 Å². The first kappa shape index (κ1) is 14.9. The third-order valence-corrected chi connectivity index (χ3v) is 4.74. The molecule has 2 aromatic heterocycles. The second-order valence-electron chi connectivity index (χ2n) is 6.18. The average molecular weight is 330 g/mol. The Kier molecular flexibility index (Phi) is 3.61. The number of rotatable bonds is 2. The van der Waals surface area contributed by atoms with Gasteiger partial charge in [0.2, 0.25) is 5.91 Å². The molecule has 2 aliphatic heterocycles. The topological polar surface area (TPSA) is 109 Å². The van der Waals surface area contributed by atoms with Gasteiger partial charge in [0.15, 0.2) is 0 Å². The zero-order valence-corrected chi connectivity index (χ0v) is 13.0. The minimum atomic E-state index is -0.538. The Morgan fingerprint density at radius 1 is 1.12 bits per heavy atom. The van der Waals surface area contributed by atoms with Crippen molar-refractivity contribution in [3.05, 3.63) is 50.2 Å². The fraction of sp³-hybridized carbons (Fsp3) is 0.438. The van der Waals surface area contributed by atoms with Gasteiger partial charge in [-0.15, -0.1) is 0 Å². The Hall–Kier alpha value is -2.61. The molecule has 0 spiro atoms. The van der Waals surface area contributed by atoms with Gasteiger partial charge in [-0.1, -0.05) is 6.07 Å². The van der Waals surface area contributed by atoms with Crippen LogP contribution >= 0.6 is 0 Å². The molecule has 2 aliphatic rings. The van der Waals surface area contributed by atoms with Crippen LogP contribution < -0.4 is 16.4 Å². The number of ether oxygens (including phenoxy) is 1. The maximum Gasteiger partial charge on any atom is 0.270 e. The first-order chi connectivity index (χ1) is 11.6. The summed E-state index contributed by atoms with van der Waals surface area (Å²) in [4.78, 5) is 39.5. The molecule has 8 heteroatoms. The molecule has 3 N–H and O–H groups in total. The molecule has 126 valence electrons. The molecule has 0 aliphatic carbocycles. The quantitative estimate of drug-likeness (QED) is 0.752. The molecule has 1 saturated heterocycles. The van der Waals surface area contributed by atoms with Gasteiger partial charge in [0.05, 0.1) is 11.6 Å². The van der Waals surface area contributed by atoms with Gasteiger partial charge in [0.1, 0.15) is 5.82 Å². The number of pyridine rings is 1. The number of carbonyl (C=O) groups is 1. The van der Waals surface area contributed by atoms with Crippen molar-refractivity contribution in [1.29, 1.82) is 0 Å². The van der Waals surface area contributed by atoms with Crippen LogP contribution in [0, 0.1) is 0 Å². The lowest BCUT2D eigenvalue weighted by molar-refractivity contribution is -0.116. The Morgan fingerprint density at radius 2 is 1.92 bits per heavy atom. The second-order valence-corrected chi connectivity index (χ2v) is 6.18. The zero-order chi connectivity index (χ0) is 16.7. The normalized spacial score (nSPS) is 21.3. The molecule has 1 fully saturated rings. The average Bonchev–Trinajstić information content (AvgIpc) is 2.92. The van der Waals surface area contributed by atoms with E-state index in [0.29, 0.717) is 30.2 Å². The molecule has 0 radical (unpaired) electrons. The molecule has 1 amide bonds. The summed E-state index contributed by atoms with van der Waals surface area (Å²) in [7, 11) is 0. The van der Waals surface area contributed by atoms with Crippen LogP contribution in [-0.2, 0) is 9.53 Å². The number of fused-ring (bicyclic) bond motifs is 1. The standard InChI is InChI=1S/C16H18N4O4/c21-12-8-11(10-2-1-5-17-15(10)22)13-14(18-12)20(19-16(13)23)9-3-6-24-7-4-9/h1-2,5,9,11H,3-4,6-8H2,(H,17,22)(H,18,21)(H,19,23). The number of hydrogen-bond acceptors (Lipinski definition) is 4. The summed E-state index contributed by atoms with van der Waals surface area (Å²) in [5.41, 5.74) is 0.354. The Bertz CT molecular complexity index is 888. The molecule has 2 aromatic rings. The van der Waals surface area contributed by atoms with Crippen molar-refractivity contribution in [2.45, 2.75) is 31.2 Å². The van der Waals surface area contributed by atoms with Gasteiger partial charge in [-0.25, -0.2) is 0 Å². The van der Waals surface area contributed by atoms with Crippen molar-refractivity contribution in [2.24, 2.45) is 0 Å². The minimum absolute atomic E-state index is 0.0725. The number of H-pyrrole nitrogens is 2. The summed E-state index contributed by atoms with van der Waals surface area (Å²) >= 11 is 0. The van der Waals surface area contributed by atoms with Crippen LogP contribution in [0.4, 0.5) is 5.82 Å². The number of carbonyl (C=O) groups excluding carboxylic acids is 1. The lowest BCUT2D eigenvalue weighted by Gasteiger charge is -2.27. The maximum atomic E-state index is 12.6. The molecule has 4 rings (SSSR count). The minimum Gasteiger partial charge on any atom is -0.381 e. The van der Waals surface area contributed by atoms with E-state index in [1.807, 2.05) is 0 Å². The molecule has 24 heavy (non-hydrogen) atoms. The fourth-order valence-electron chi connectivity index (χ4n) is 3.58. The molecule has 0 aromatic carbocycles. The number of amides is 1. The molecule has 1 unspecified atom stereocenters. The van der Waals surface area contributed by atoms with Gasteiger partial charge >= 0.3 is 0 Å². The lowest BCUT2D eigenvalue weighted by Crippen LogP contribution is -2.30. The van der Waals surface area contributed by atoms with Gasteiger partial charge in [0, 0.05) is 37.3 Å². The monoisotopic (exact) mass is 330 g/mol. The highest BCUT2D eigenvalue weighted by atomic mass is 16.5. The van der Waals surface area contributed by atoms with E-state index in [1.165, 1.54) is 6.20 Å². The number of anilines is 1. The molecule has 4 heterocycles. The fourth-order valence-corrected chi connectivity index (χ4v) is 3.58. The van der Waals surface area contributed by atoms with Crippen molar-refractivity contribution in [1.82, 2.24) is 14.8 Å². The van der Waals surface area contributed by atoms with Gasteiger partial charge < -0.3 is 15.0 Å². The SMILES string of the molecule is O=C1CC(c2ccc[nH]c2=O)c2c(n(C3CCOCC3)[nH]c2=O)N1. The van der Waals surface area contributed by atoms with Crippen molar-refractivity contribution >= 4 is 11.7 Å². The highest BCUT2D eigenvalue weighted by Gasteiger charge is 2.35. The third kappa shape index (κ3) is 2.39. The molecule has 8 nitrogen and oxygen atoms in total. The van der Waals surface area contributed by atoms with E-state index in [-0.39, 0.29) is 29.5 Å². The van der Waals surface area contributed by atoms with Crippen molar-refractivity contribution in [3.8, 4) is 0 Å². The number of hydrogen-bond donors (Lipinski definition) is 3. The van der Waals surface area contributed by atoms with E-state index in [0.717, 1.165) is 12.8 Å². The van der Waals surface area contributed by atoms with Crippen LogP contribution in [0.25, 0.3) is 0 Å². The molecule has 0 bridgehead atoms. The Morgan fingerprint density at radius 3 is 2.67 bits per heavy atom. The third-order valence-electron chi connectivity index (χ3n) is 4.74. The summed E-state index contributed by atoms with van der Waals surface area (Å²) in [5, 5.41) is 5.65. The van der Waals surface area contributed by atoms with Crippen LogP contribution in [-0.4, -0.2) is 33.9 Å². The molecular formula is C16H18N4O4. The molecule has 1 atom stereocenters. The van der Waals surface area contributed by atoms with E-state index < -0.39 is 5.92 Å². The molecular weight excluding hydrogens is 312 g/mol. The van der Waals surface area contributed by atoms with Crippen LogP contribution in [0.15, 0.2) is 27.9 Å². The van der Waals surface area contributed by atoms with Gasteiger partial charge in [0.25, 0.3) is 11.1 Å². The van der Waals surface area contributed by atoms with Crippen LogP contribution in [0.3, 0.4) is 0 Å². The van der Waals surface area contributed by atoms with Gasteiger partial charge in [-0.3, -0.25) is 24.2 Å². The van der Waals surface area contributed by atoms with Crippen LogP contribution in [0.1, 0.15) is 42.3 Å². The van der Waals surface area contributed by atoms with E-state index >= 15 is 0 Å². The summed E-state index contributed by atoms with van der Waals surface area (Å²) in [5.74, 6) is -0.254. The van der Waals surface area contributed by atoms with Crippen molar-refractivity contribution in [3.63, 3.8) is 0 Å². The number of aromatic nitrogens is 3. The Labute approximate surface area is 136 Å². The largest absolute Gasteiger partial charge is 0.381 e. The highest BCUT2D eigenvalue weighted by molar-refractivity contribution is 5.94. The Balaban J connectivity index is 1.84. The maximum absolute atomic E-state index is 12.6. The summed E-state index contributed by atoms with van der Waals surface area (Å²) in [6.07, 6.45) is 3.15. The second kappa shape index (κ2) is 5.79.